The van der Waals surface area contributed by atoms with Crippen LogP contribution in [0.2, 0.25) is 0 Å². The van der Waals surface area contributed by atoms with Crippen molar-refractivity contribution in [1.29, 1.82) is 0 Å². The van der Waals surface area contributed by atoms with Gasteiger partial charge in [-0.15, -0.1) is 0 Å². The highest BCUT2D eigenvalue weighted by molar-refractivity contribution is 7.89. The Hall–Kier alpha value is -2.98. The van der Waals surface area contributed by atoms with Crippen molar-refractivity contribution in [2.75, 3.05) is 27.2 Å². The molecule has 2 rings (SSSR count). The van der Waals surface area contributed by atoms with Crippen LogP contribution >= 0.6 is 0 Å². The zero-order valence-electron chi connectivity index (χ0n) is 14.8. The van der Waals surface area contributed by atoms with Gasteiger partial charge in [0.05, 0.1) is 16.4 Å². The van der Waals surface area contributed by atoms with Crippen LogP contribution in [-0.2, 0) is 10.0 Å². The lowest BCUT2D eigenvalue weighted by molar-refractivity contribution is -0.384. The fraction of sp³-hybridized carbons (Fsp3) is 0.235. The number of benzene rings is 2. The second kappa shape index (κ2) is 8.60. The molecule has 0 bridgehead atoms. The van der Waals surface area contributed by atoms with Crippen LogP contribution in [-0.4, -0.2) is 50.8 Å². The molecule has 0 atom stereocenters. The number of amides is 1. The number of nitrogens with zero attached hydrogens (tertiary/aromatic N) is 2. The zero-order chi connectivity index (χ0) is 20.0. The molecular formula is C17H19N3O6S. The average molecular weight is 393 g/mol. The Bertz CT molecular complexity index is 926. The van der Waals surface area contributed by atoms with Crippen LogP contribution in [0, 0.1) is 10.1 Å². The van der Waals surface area contributed by atoms with E-state index in [1.54, 1.807) is 0 Å². The first-order valence-electron chi connectivity index (χ1n) is 7.90. The number of nitrogens with one attached hydrogen (secondary N) is 1. The second-order valence-electron chi connectivity index (χ2n) is 5.67. The molecule has 10 heteroatoms. The summed E-state index contributed by atoms with van der Waals surface area (Å²) in [5, 5.41) is 13.3. The van der Waals surface area contributed by atoms with Gasteiger partial charge in [-0.1, -0.05) is 6.07 Å². The summed E-state index contributed by atoms with van der Waals surface area (Å²) in [7, 11) is -0.601. The number of sulfonamides is 1. The second-order valence-corrected chi connectivity index (χ2v) is 7.82. The lowest BCUT2D eigenvalue weighted by Gasteiger charge is -2.12. The third-order valence-electron chi connectivity index (χ3n) is 3.58. The normalized spacial score (nSPS) is 11.2. The summed E-state index contributed by atoms with van der Waals surface area (Å²) in [4.78, 5) is 22.3. The van der Waals surface area contributed by atoms with Crippen molar-refractivity contribution >= 4 is 21.6 Å². The standard InChI is InChI=1S/C17H19N3O6S/c1-19(2)27(24,25)16-8-6-15(7-9-16)26-11-10-18-17(21)13-4-3-5-14(12-13)20(22)23/h3-9,12H,10-11H2,1-2H3,(H,18,21). The number of rotatable bonds is 8. The maximum absolute atomic E-state index is 12.0. The number of carbonyl (C=O) groups excluding carboxylic acids is 1. The van der Waals surface area contributed by atoms with Crippen LogP contribution in [0.5, 0.6) is 5.75 Å². The van der Waals surface area contributed by atoms with E-state index in [9.17, 15) is 23.3 Å². The van der Waals surface area contributed by atoms with Gasteiger partial charge >= 0.3 is 0 Å². The van der Waals surface area contributed by atoms with Crippen LogP contribution in [0.1, 0.15) is 10.4 Å². The van der Waals surface area contributed by atoms with Gasteiger partial charge in [0, 0.05) is 31.8 Å². The molecule has 0 radical (unpaired) electrons. The van der Waals surface area contributed by atoms with Gasteiger partial charge in [-0.25, -0.2) is 12.7 Å². The highest BCUT2D eigenvalue weighted by Gasteiger charge is 2.16. The van der Waals surface area contributed by atoms with Gasteiger partial charge in [0.1, 0.15) is 12.4 Å². The van der Waals surface area contributed by atoms with Gasteiger partial charge < -0.3 is 10.1 Å². The SMILES string of the molecule is CN(C)S(=O)(=O)c1ccc(OCCNC(=O)c2cccc([N+](=O)[O-])c2)cc1. The van der Waals surface area contributed by atoms with Crippen molar-refractivity contribution in [3.63, 3.8) is 0 Å². The van der Waals surface area contributed by atoms with Crippen LogP contribution in [0.25, 0.3) is 0 Å². The van der Waals surface area contributed by atoms with Gasteiger partial charge in [0.2, 0.25) is 10.0 Å². The van der Waals surface area contributed by atoms with Gasteiger partial charge in [-0.3, -0.25) is 14.9 Å². The quantitative estimate of drug-likeness (QED) is 0.414. The highest BCUT2D eigenvalue weighted by atomic mass is 32.2. The molecule has 0 unspecified atom stereocenters. The first-order chi connectivity index (χ1) is 12.7. The van der Waals surface area contributed by atoms with Crippen LogP contribution < -0.4 is 10.1 Å². The summed E-state index contributed by atoms with van der Waals surface area (Å²) < 4.78 is 30.5. The molecule has 1 amide bonds. The predicted molar refractivity (Wildman–Crippen MR) is 98.2 cm³/mol. The number of non-ortho nitro benzene ring substituents is 1. The molecule has 0 aromatic heterocycles. The molecule has 0 saturated carbocycles. The molecule has 1 N–H and O–H groups in total. The molecule has 0 saturated heterocycles. The maximum atomic E-state index is 12.0. The Morgan fingerprint density at radius 2 is 1.85 bits per heavy atom. The summed E-state index contributed by atoms with van der Waals surface area (Å²) >= 11 is 0. The van der Waals surface area contributed by atoms with Crippen molar-refractivity contribution in [2.24, 2.45) is 0 Å². The fourth-order valence-electron chi connectivity index (χ4n) is 2.11. The van der Waals surface area contributed by atoms with Crippen LogP contribution in [0.4, 0.5) is 5.69 Å². The largest absolute Gasteiger partial charge is 0.492 e. The summed E-state index contributed by atoms with van der Waals surface area (Å²) in [5.41, 5.74) is 0.0223. The van der Waals surface area contributed by atoms with Crippen molar-refractivity contribution in [3.05, 3.63) is 64.2 Å². The fourth-order valence-corrected chi connectivity index (χ4v) is 3.02. The minimum Gasteiger partial charge on any atom is -0.492 e. The summed E-state index contributed by atoms with van der Waals surface area (Å²) in [6.07, 6.45) is 0. The number of ether oxygens (including phenoxy) is 1. The molecule has 2 aromatic carbocycles. The molecule has 0 heterocycles. The lowest BCUT2D eigenvalue weighted by Crippen LogP contribution is -2.28. The number of hydrogen-bond donors (Lipinski definition) is 1. The number of nitro benzene ring substituents is 1. The molecule has 0 spiro atoms. The highest BCUT2D eigenvalue weighted by Crippen LogP contribution is 2.18. The molecule has 0 aliphatic heterocycles. The summed E-state index contributed by atoms with van der Waals surface area (Å²) in [6.45, 7) is 0.333. The number of carbonyl (C=O) groups is 1. The van der Waals surface area contributed by atoms with Crippen molar-refractivity contribution in [3.8, 4) is 5.75 Å². The van der Waals surface area contributed by atoms with E-state index in [4.69, 9.17) is 4.74 Å². The minimum absolute atomic E-state index is 0.152. The smallest absolute Gasteiger partial charge is 0.270 e. The Morgan fingerprint density at radius 3 is 2.44 bits per heavy atom. The Labute approximate surface area is 156 Å². The van der Waals surface area contributed by atoms with Crippen LogP contribution in [0.3, 0.4) is 0 Å². The third kappa shape index (κ3) is 5.25. The van der Waals surface area contributed by atoms with Gasteiger partial charge in [0.15, 0.2) is 0 Å². The number of hydrogen-bond acceptors (Lipinski definition) is 6. The van der Waals surface area contributed by atoms with Gasteiger partial charge in [-0.2, -0.15) is 0 Å². The van der Waals surface area contributed by atoms with Gasteiger partial charge in [0.25, 0.3) is 11.6 Å². The van der Waals surface area contributed by atoms with Gasteiger partial charge in [-0.05, 0) is 30.3 Å². The van der Waals surface area contributed by atoms with Crippen molar-refractivity contribution in [1.82, 2.24) is 9.62 Å². The monoisotopic (exact) mass is 393 g/mol. The maximum Gasteiger partial charge on any atom is 0.270 e. The minimum atomic E-state index is -3.50. The molecule has 0 aliphatic rings. The Kier molecular flexibility index (Phi) is 6.48. The molecular weight excluding hydrogens is 374 g/mol. The Balaban J connectivity index is 1.86. The molecule has 0 aliphatic carbocycles. The van der Waals surface area contributed by atoms with Crippen molar-refractivity contribution in [2.45, 2.75) is 4.90 Å². The summed E-state index contributed by atoms with van der Waals surface area (Å²) in [6, 6.07) is 11.3. The molecule has 27 heavy (non-hydrogen) atoms. The van der Waals surface area contributed by atoms with E-state index in [1.807, 2.05) is 0 Å². The van der Waals surface area contributed by atoms with E-state index >= 15 is 0 Å². The van der Waals surface area contributed by atoms with E-state index in [-0.39, 0.29) is 29.3 Å². The zero-order valence-corrected chi connectivity index (χ0v) is 15.6. The molecule has 2 aromatic rings. The van der Waals surface area contributed by atoms with E-state index in [0.717, 1.165) is 4.31 Å². The topological polar surface area (TPSA) is 119 Å². The first kappa shape index (κ1) is 20.3. The van der Waals surface area contributed by atoms with Crippen LogP contribution in [0.15, 0.2) is 53.4 Å². The Morgan fingerprint density at radius 1 is 1.19 bits per heavy atom. The predicted octanol–water partition coefficient (Wildman–Crippen LogP) is 1.65. The average Bonchev–Trinajstić information content (AvgIpc) is 2.65. The first-order valence-corrected chi connectivity index (χ1v) is 9.34. The molecule has 9 nitrogen and oxygen atoms in total. The van der Waals surface area contributed by atoms with E-state index in [2.05, 4.69) is 5.32 Å². The number of nitro groups is 1. The van der Waals surface area contributed by atoms with E-state index < -0.39 is 20.9 Å². The van der Waals surface area contributed by atoms with Crippen molar-refractivity contribution < 1.29 is 22.9 Å². The summed E-state index contributed by atoms with van der Waals surface area (Å²) in [5.74, 6) is 0.00651. The van der Waals surface area contributed by atoms with E-state index in [1.165, 1.54) is 62.6 Å². The molecule has 144 valence electrons. The third-order valence-corrected chi connectivity index (χ3v) is 5.41. The lowest BCUT2D eigenvalue weighted by atomic mass is 10.2. The van der Waals surface area contributed by atoms with E-state index in [0.29, 0.717) is 5.75 Å². The molecule has 0 fully saturated rings.